The van der Waals surface area contributed by atoms with Crippen molar-refractivity contribution in [1.82, 2.24) is 5.32 Å². The van der Waals surface area contributed by atoms with Gasteiger partial charge in [0.25, 0.3) is 0 Å². The molecule has 0 amide bonds. The van der Waals surface area contributed by atoms with E-state index in [0.29, 0.717) is 0 Å². The number of carbonyl (C=O) groups is 1. The average Bonchev–Trinajstić information content (AvgIpc) is 2.46. The van der Waals surface area contributed by atoms with Gasteiger partial charge in [0, 0.05) is 13.1 Å². The van der Waals surface area contributed by atoms with Crippen molar-refractivity contribution < 1.29 is 22.7 Å². The van der Waals surface area contributed by atoms with E-state index in [4.69, 9.17) is 0 Å². The summed E-state index contributed by atoms with van der Waals surface area (Å²) in [4.78, 5) is 11.2. The van der Waals surface area contributed by atoms with E-state index in [0.717, 1.165) is 7.11 Å². The van der Waals surface area contributed by atoms with Crippen molar-refractivity contribution in [2.24, 2.45) is 11.3 Å². The Balaban J connectivity index is 2.92. The summed E-state index contributed by atoms with van der Waals surface area (Å²) in [6.07, 6.45) is -4.37. The smallest absolute Gasteiger partial charge is 0.394 e. The van der Waals surface area contributed by atoms with Gasteiger partial charge in [-0.3, -0.25) is 4.79 Å². The summed E-state index contributed by atoms with van der Waals surface area (Å²) >= 11 is 0. The van der Waals surface area contributed by atoms with E-state index in [9.17, 15) is 18.0 Å². The predicted octanol–water partition coefficient (Wildman–Crippen LogP) is 0.947. The van der Waals surface area contributed by atoms with E-state index < -0.39 is 23.5 Å². The molecule has 0 bridgehead atoms. The van der Waals surface area contributed by atoms with Gasteiger partial charge in [0.15, 0.2) is 0 Å². The number of hydrogen-bond acceptors (Lipinski definition) is 3. The van der Waals surface area contributed by atoms with Crippen LogP contribution in [0.3, 0.4) is 0 Å². The lowest BCUT2D eigenvalue weighted by atomic mass is 9.79. The number of carbonyl (C=O) groups excluding carboxylic acids is 1. The first kappa shape index (κ1) is 11.3. The summed E-state index contributed by atoms with van der Waals surface area (Å²) in [5, 5.41) is 2.56. The lowest BCUT2D eigenvalue weighted by molar-refractivity contribution is -0.202. The van der Waals surface area contributed by atoms with Crippen LogP contribution in [0.25, 0.3) is 0 Å². The average molecular weight is 211 g/mol. The molecule has 0 radical (unpaired) electrons. The SMILES string of the molecule is COC(=O)[C@]1(C)CNC[C@H]1C(F)(F)F. The topological polar surface area (TPSA) is 38.3 Å². The second-order valence-electron chi connectivity index (χ2n) is 3.63. The summed E-state index contributed by atoms with van der Waals surface area (Å²) in [6, 6.07) is 0. The Hall–Kier alpha value is -0.780. The normalized spacial score (nSPS) is 33.1. The van der Waals surface area contributed by atoms with E-state index in [1.54, 1.807) is 0 Å². The van der Waals surface area contributed by atoms with Crippen LogP contribution in [0.2, 0.25) is 0 Å². The van der Waals surface area contributed by atoms with Crippen LogP contribution in [0.1, 0.15) is 6.92 Å². The molecule has 1 N–H and O–H groups in total. The third-order valence-corrected chi connectivity index (χ3v) is 2.66. The maximum absolute atomic E-state index is 12.5. The number of methoxy groups -OCH3 is 1. The molecule has 3 nitrogen and oxygen atoms in total. The highest BCUT2D eigenvalue weighted by Gasteiger charge is 2.58. The molecule has 2 atom stereocenters. The highest BCUT2D eigenvalue weighted by Crippen LogP contribution is 2.42. The van der Waals surface area contributed by atoms with Crippen molar-refractivity contribution in [2.75, 3.05) is 20.2 Å². The number of esters is 1. The van der Waals surface area contributed by atoms with Gasteiger partial charge in [0.2, 0.25) is 0 Å². The number of halogens is 3. The molecule has 0 aliphatic carbocycles. The maximum Gasteiger partial charge on any atom is 0.394 e. The third-order valence-electron chi connectivity index (χ3n) is 2.66. The van der Waals surface area contributed by atoms with Crippen LogP contribution in [0, 0.1) is 11.3 Å². The molecule has 0 unspecified atom stereocenters. The molecule has 0 aromatic heterocycles. The van der Waals surface area contributed by atoms with E-state index >= 15 is 0 Å². The number of ether oxygens (including phenoxy) is 1. The highest BCUT2D eigenvalue weighted by atomic mass is 19.4. The first-order valence-electron chi connectivity index (χ1n) is 4.18. The Morgan fingerprint density at radius 3 is 2.57 bits per heavy atom. The second-order valence-corrected chi connectivity index (χ2v) is 3.63. The lowest BCUT2D eigenvalue weighted by Gasteiger charge is -2.28. The summed E-state index contributed by atoms with van der Waals surface area (Å²) in [5.74, 6) is -2.48. The minimum Gasteiger partial charge on any atom is -0.469 e. The fourth-order valence-corrected chi connectivity index (χ4v) is 1.75. The standard InChI is InChI=1S/C8H12F3NO2/c1-7(6(13)14-2)4-12-3-5(7)8(9,10)11/h5,12H,3-4H2,1-2H3/t5-,7-/m1/s1. The van der Waals surface area contributed by atoms with Gasteiger partial charge in [-0.15, -0.1) is 0 Å². The number of rotatable bonds is 1. The zero-order valence-corrected chi connectivity index (χ0v) is 7.94. The zero-order chi connectivity index (χ0) is 11.0. The minimum atomic E-state index is -4.37. The second kappa shape index (κ2) is 3.42. The van der Waals surface area contributed by atoms with Crippen molar-refractivity contribution in [3.63, 3.8) is 0 Å². The van der Waals surface area contributed by atoms with Crippen LogP contribution in [-0.4, -0.2) is 32.3 Å². The van der Waals surface area contributed by atoms with E-state index in [-0.39, 0.29) is 13.1 Å². The van der Waals surface area contributed by atoms with Crippen LogP contribution >= 0.6 is 0 Å². The zero-order valence-electron chi connectivity index (χ0n) is 7.94. The number of hydrogen-bond donors (Lipinski definition) is 1. The predicted molar refractivity (Wildman–Crippen MR) is 42.5 cm³/mol. The molecular formula is C8H12F3NO2. The molecule has 82 valence electrons. The van der Waals surface area contributed by atoms with Gasteiger partial charge in [-0.1, -0.05) is 0 Å². The van der Waals surface area contributed by atoms with E-state index in [2.05, 4.69) is 10.1 Å². The molecule has 0 saturated carbocycles. The highest BCUT2D eigenvalue weighted by molar-refractivity contribution is 5.77. The van der Waals surface area contributed by atoms with Gasteiger partial charge < -0.3 is 10.1 Å². The molecule has 0 aromatic rings. The molecule has 1 aliphatic rings. The molecule has 0 aromatic carbocycles. The Kier molecular flexibility index (Phi) is 2.76. The first-order chi connectivity index (χ1) is 6.32. The van der Waals surface area contributed by atoms with Crippen LogP contribution in [0.15, 0.2) is 0 Å². The van der Waals surface area contributed by atoms with Gasteiger partial charge in [-0.2, -0.15) is 13.2 Å². The Labute approximate surface area is 79.6 Å². The fraction of sp³-hybridized carbons (Fsp3) is 0.875. The van der Waals surface area contributed by atoms with Gasteiger partial charge >= 0.3 is 12.1 Å². The van der Waals surface area contributed by atoms with Gasteiger partial charge in [0.1, 0.15) is 0 Å². The van der Waals surface area contributed by atoms with Crippen molar-refractivity contribution in [3.8, 4) is 0 Å². The van der Waals surface area contributed by atoms with Gasteiger partial charge in [-0.05, 0) is 6.92 Å². The Bertz CT molecular complexity index is 241. The van der Waals surface area contributed by atoms with Crippen molar-refractivity contribution in [1.29, 1.82) is 0 Å². The van der Waals surface area contributed by atoms with Crippen LogP contribution in [0.5, 0.6) is 0 Å². The number of alkyl halides is 3. The van der Waals surface area contributed by atoms with Crippen molar-refractivity contribution in [3.05, 3.63) is 0 Å². The first-order valence-corrected chi connectivity index (χ1v) is 4.18. The fourth-order valence-electron chi connectivity index (χ4n) is 1.75. The molecule has 1 heterocycles. The minimum absolute atomic E-state index is 0.00382. The molecule has 0 spiro atoms. The van der Waals surface area contributed by atoms with Gasteiger partial charge in [0.05, 0.1) is 18.4 Å². The summed E-state index contributed by atoms with van der Waals surface area (Å²) in [7, 11) is 1.10. The molecule has 1 saturated heterocycles. The molecule has 6 heteroatoms. The van der Waals surface area contributed by atoms with E-state index in [1.807, 2.05) is 0 Å². The van der Waals surface area contributed by atoms with Crippen molar-refractivity contribution >= 4 is 5.97 Å². The molecule has 1 fully saturated rings. The molecule has 1 rings (SSSR count). The maximum atomic E-state index is 12.5. The number of nitrogens with one attached hydrogen (secondary N) is 1. The summed E-state index contributed by atoms with van der Waals surface area (Å²) in [6.45, 7) is 1.05. The Morgan fingerprint density at radius 1 is 1.57 bits per heavy atom. The quantitative estimate of drug-likeness (QED) is 0.656. The lowest BCUT2D eigenvalue weighted by Crippen LogP contribution is -2.43. The van der Waals surface area contributed by atoms with Gasteiger partial charge in [-0.25, -0.2) is 0 Å². The van der Waals surface area contributed by atoms with Crippen LogP contribution in [-0.2, 0) is 9.53 Å². The molecule has 1 aliphatic heterocycles. The largest absolute Gasteiger partial charge is 0.469 e. The Morgan fingerprint density at radius 2 is 2.14 bits per heavy atom. The molecule has 14 heavy (non-hydrogen) atoms. The monoisotopic (exact) mass is 211 g/mol. The molecular weight excluding hydrogens is 199 g/mol. The third kappa shape index (κ3) is 1.70. The summed E-state index contributed by atoms with van der Waals surface area (Å²) < 4.78 is 41.9. The van der Waals surface area contributed by atoms with Crippen LogP contribution in [0.4, 0.5) is 13.2 Å². The summed E-state index contributed by atoms with van der Waals surface area (Å²) in [5.41, 5.74) is -1.49. The van der Waals surface area contributed by atoms with Crippen molar-refractivity contribution in [2.45, 2.75) is 13.1 Å². The van der Waals surface area contributed by atoms with E-state index in [1.165, 1.54) is 6.92 Å². The van der Waals surface area contributed by atoms with Crippen LogP contribution < -0.4 is 5.32 Å².